The highest BCUT2D eigenvalue weighted by Crippen LogP contribution is 2.23. The molecule has 0 aromatic carbocycles. The molecule has 172 valence electrons. The minimum atomic E-state index is -0.204. The van der Waals surface area contributed by atoms with Crippen molar-refractivity contribution in [3.63, 3.8) is 0 Å². The lowest BCUT2D eigenvalue weighted by Gasteiger charge is -2.32. The number of guanidine groups is 1. The van der Waals surface area contributed by atoms with E-state index in [4.69, 9.17) is 9.73 Å². The third kappa shape index (κ3) is 8.22. The first-order chi connectivity index (χ1) is 14.1. The molecule has 0 bridgehead atoms. The summed E-state index contributed by atoms with van der Waals surface area (Å²) in [4.78, 5) is 21.0. The second-order valence-electron chi connectivity index (χ2n) is 7.12. The van der Waals surface area contributed by atoms with E-state index in [1.807, 2.05) is 6.92 Å². The van der Waals surface area contributed by atoms with Gasteiger partial charge in [-0.25, -0.2) is 4.79 Å². The predicted octanol–water partition coefficient (Wildman–Crippen LogP) is 3.93. The Balaban J connectivity index is 0.00000450. The van der Waals surface area contributed by atoms with E-state index in [1.54, 1.807) is 16.2 Å². The lowest BCUT2D eigenvalue weighted by Crippen LogP contribution is -2.50. The summed E-state index contributed by atoms with van der Waals surface area (Å²) in [7, 11) is 0. The fourth-order valence-electron chi connectivity index (χ4n) is 3.67. The van der Waals surface area contributed by atoms with Gasteiger partial charge in [-0.15, -0.1) is 24.0 Å². The molecule has 1 fully saturated rings. The molecule has 1 amide bonds. The van der Waals surface area contributed by atoms with Crippen molar-refractivity contribution in [2.45, 2.75) is 52.6 Å². The summed E-state index contributed by atoms with van der Waals surface area (Å²) in [5.74, 6) is 0.856. The number of likely N-dealkylation sites (N-methyl/N-ethyl adjacent to an activating group) is 1. The van der Waals surface area contributed by atoms with Crippen LogP contribution < -0.4 is 10.6 Å². The highest BCUT2D eigenvalue weighted by Gasteiger charge is 2.24. The maximum absolute atomic E-state index is 11.9. The lowest BCUT2D eigenvalue weighted by molar-refractivity contribution is 0.0963. The summed E-state index contributed by atoms with van der Waals surface area (Å²) in [5.41, 5.74) is 1.33. The maximum atomic E-state index is 11.9. The minimum Gasteiger partial charge on any atom is -0.450 e. The number of carbonyl (C=O) groups excluding carboxylic acids is 1. The molecule has 2 heterocycles. The van der Waals surface area contributed by atoms with E-state index < -0.39 is 0 Å². The normalized spacial score (nSPS) is 16.2. The quantitative estimate of drug-likeness (QED) is 0.277. The fourth-order valence-corrected chi connectivity index (χ4v) is 4.38. The second kappa shape index (κ2) is 14.9. The maximum Gasteiger partial charge on any atom is 0.409 e. The smallest absolute Gasteiger partial charge is 0.409 e. The molecule has 1 saturated heterocycles. The fraction of sp³-hybridized carbons (Fsp3) is 0.714. The molecule has 0 saturated carbocycles. The third-order valence-electron chi connectivity index (χ3n) is 5.31. The molecule has 0 radical (unpaired) electrons. The summed E-state index contributed by atoms with van der Waals surface area (Å²) >= 11 is 1.74. The zero-order valence-corrected chi connectivity index (χ0v) is 21.9. The zero-order chi connectivity index (χ0) is 21.1. The first kappa shape index (κ1) is 27.0. The number of rotatable bonds is 9. The van der Waals surface area contributed by atoms with E-state index in [2.05, 4.69) is 53.1 Å². The summed E-state index contributed by atoms with van der Waals surface area (Å²) < 4.78 is 5.11. The predicted molar refractivity (Wildman–Crippen MR) is 136 cm³/mol. The average molecular weight is 552 g/mol. The Bertz CT molecular complexity index is 617. The van der Waals surface area contributed by atoms with E-state index in [9.17, 15) is 4.79 Å². The molecule has 30 heavy (non-hydrogen) atoms. The molecule has 1 aliphatic heterocycles. The van der Waals surface area contributed by atoms with Crippen molar-refractivity contribution in [3.8, 4) is 0 Å². The number of hydrogen-bond donors (Lipinski definition) is 2. The van der Waals surface area contributed by atoms with Crippen molar-refractivity contribution in [1.82, 2.24) is 20.4 Å². The summed E-state index contributed by atoms with van der Waals surface area (Å²) in [5, 5.41) is 11.3. The van der Waals surface area contributed by atoms with E-state index in [-0.39, 0.29) is 36.1 Å². The van der Waals surface area contributed by atoms with Gasteiger partial charge in [-0.1, -0.05) is 13.8 Å². The van der Waals surface area contributed by atoms with Crippen LogP contribution >= 0.6 is 35.3 Å². The molecular formula is C21H38IN5O2S. The first-order valence-corrected chi connectivity index (χ1v) is 11.8. The SMILES string of the molecule is CCNC(=NCC(c1ccsc1)N(CC)CC)NC1CCN(C(=O)OCC)CC1.I. The largest absolute Gasteiger partial charge is 0.450 e. The number of amides is 1. The van der Waals surface area contributed by atoms with Crippen molar-refractivity contribution in [1.29, 1.82) is 0 Å². The molecule has 2 N–H and O–H groups in total. The van der Waals surface area contributed by atoms with Crippen molar-refractivity contribution in [2.24, 2.45) is 4.99 Å². The number of nitrogens with zero attached hydrogens (tertiary/aromatic N) is 3. The monoisotopic (exact) mass is 551 g/mol. The molecule has 1 aromatic heterocycles. The molecule has 9 heteroatoms. The number of carbonyl (C=O) groups is 1. The third-order valence-corrected chi connectivity index (χ3v) is 6.01. The average Bonchev–Trinajstić information content (AvgIpc) is 3.26. The summed E-state index contributed by atoms with van der Waals surface area (Å²) in [6.07, 6.45) is 1.59. The van der Waals surface area contributed by atoms with E-state index in [1.165, 1.54) is 5.56 Å². The van der Waals surface area contributed by atoms with Gasteiger partial charge in [-0.2, -0.15) is 11.3 Å². The Morgan fingerprint density at radius 2 is 2.00 bits per heavy atom. The number of aliphatic imine (C=N–C) groups is 1. The Hall–Kier alpha value is -1.07. The molecule has 1 atom stereocenters. The molecule has 1 aromatic rings. The lowest BCUT2D eigenvalue weighted by atomic mass is 10.1. The van der Waals surface area contributed by atoms with Gasteiger partial charge < -0.3 is 20.3 Å². The summed E-state index contributed by atoms with van der Waals surface area (Å²) in [6.45, 7) is 13.7. The van der Waals surface area contributed by atoms with Crippen LogP contribution in [0.25, 0.3) is 0 Å². The minimum absolute atomic E-state index is 0. The number of halogens is 1. The number of thiophene rings is 1. The van der Waals surface area contributed by atoms with Crippen LogP contribution in [0.1, 0.15) is 52.1 Å². The van der Waals surface area contributed by atoms with Crippen LogP contribution in [0.2, 0.25) is 0 Å². The Labute approximate surface area is 202 Å². The zero-order valence-electron chi connectivity index (χ0n) is 18.7. The standard InChI is InChI=1S/C21H37N5O2S.HI/c1-5-22-20(24-18-9-12-26(13-10-18)21(27)28-8-4)23-15-19(25(6-2)7-3)17-11-14-29-16-17;/h11,14,16,18-19H,5-10,12-13,15H2,1-4H3,(H2,22,23,24);1H. The second-order valence-corrected chi connectivity index (χ2v) is 7.90. The van der Waals surface area contributed by atoms with Gasteiger partial charge in [0.25, 0.3) is 0 Å². The number of hydrogen-bond acceptors (Lipinski definition) is 5. The Morgan fingerprint density at radius 1 is 1.30 bits per heavy atom. The van der Waals surface area contributed by atoms with Gasteiger partial charge in [0.05, 0.1) is 19.2 Å². The molecular weight excluding hydrogens is 513 g/mol. The van der Waals surface area contributed by atoms with Crippen LogP contribution in [-0.2, 0) is 4.74 Å². The van der Waals surface area contributed by atoms with Crippen LogP contribution in [0, 0.1) is 0 Å². The summed E-state index contributed by atoms with van der Waals surface area (Å²) in [6, 6.07) is 2.80. The van der Waals surface area contributed by atoms with Gasteiger partial charge in [-0.3, -0.25) is 9.89 Å². The van der Waals surface area contributed by atoms with Gasteiger partial charge >= 0.3 is 6.09 Å². The van der Waals surface area contributed by atoms with Gasteiger partial charge in [0.2, 0.25) is 0 Å². The molecule has 7 nitrogen and oxygen atoms in total. The van der Waals surface area contributed by atoms with E-state index in [0.29, 0.717) is 25.7 Å². The van der Waals surface area contributed by atoms with E-state index >= 15 is 0 Å². The van der Waals surface area contributed by atoms with Crippen LogP contribution in [0.3, 0.4) is 0 Å². The Morgan fingerprint density at radius 3 is 2.53 bits per heavy atom. The highest BCUT2D eigenvalue weighted by molar-refractivity contribution is 14.0. The topological polar surface area (TPSA) is 69.2 Å². The van der Waals surface area contributed by atoms with Crippen LogP contribution in [0.15, 0.2) is 21.8 Å². The number of nitrogens with one attached hydrogen (secondary N) is 2. The van der Waals surface area contributed by atoms with Crippen molar-refractivity contribution in [3.05, 3.63) is 22.4 Å². The number of piperidine rings is 1. The molecule has 1 aliphatic rings. The number of likely N-dealkylation sites (tertiary alicyclic amines) is 1. The molecule has 2 rings (SSSR count). The molecule has 0 spiro atoms. The van der Waals surface area contributed by atoms with E-state index in [0.717, 1.165) is 45.0 Å². The number of ether oxygens (including phenoxy) is 1. The van der Waals surface area contributed by atoms with Crippen molar-refractivity contribution < 1.29 is 9.53 Å². The van der Waals surface area contributed by atoms with Gasteiger partial charge in [0.15, 0.2) is 5.96 Å². The van der Waals surface area contributed by atoms with Crippen molar-refractivity contribution >= 4 is 47.4 Å². The van der Waals surface area contributed by atoms with Gasteiger partial charge in [-0.05, 0) is 62.2 Å². The van der Waals surface area contributed by atoms with Crippen LogP contribution in [0.4, 0.5) is 4.79 Å². The molecule has 0 aliphatic carbocycles. The molecule has 1 unspecified atom stereocenters. The van der Waals surface area contributed by atoms with Gasteiger partial charge in [0, 0.05) is 25.7 Å². The van der Waals surface area contributed by atoms with Crippen molar-refractivity contribution in [2.75, 3.05) is 45.9 Å². The highest BCUT2D eigenvalue weighted by atomic mass is 127. The van der Waals surface area contributed by atoms with Crippen LogP contribution in [-0.4, -0.2) is 73.8 Å². The Kier molecular flexibility index (Phi) is 13.3. The van der Waals surface area contributed by atoms with Gasteiger partial charge in [0.1, 0.15) is 0 Å². The van der Waals surface area contributed by atoms with Crippen LogP contribution in [0.5, 0.6) is 0 Å². The first-order valence-electron chi connectivity index (χ1n) is 10.8.